The Balaban J connectivity index is 3.05. The number of rotatable bonds is 0. The normalized spacial score (nSPS) is 10.6. The Hall–Kier alpha value is -1.10. The van der Waals surface area contributed by atoms with Crippen molar-refractivity contribution in [3.05, 3.63) is 33.4 Å². The first-order valence-corrected chi connectivity index (χ1v) is 3.78. The van der Waals surface area contributed by atoms with Crippen molar-refractivity contribution in [2.24, 2.45) is 0 Å². The maximum atomic E-state index is 11.2. The third-order valence-corrected chi connectivity index (χ3v) is 1.93. The van der Waals surface area contributed by atoms with E-state index >= 15 is 0 Å². The Morgan fingerprint density at radius 1 is 1.64 bits per heavy atom. The fourth-order valence-electron chi connectivity index (χ4n) is 0.878. The average Bonchev–Trinajstić information content (AvgIpc) is 2.45. The molecule has 2 aromatic heterocycles. The van der Waals surface area contributed by atoms with Crippen LogP contribution in [0.3, 0.4) is 0 Å². The molecule has 0 saturated carbocycles. The molecule has 0 unspecified atom stereocenters. The summed E-state index contributed by atoms with van der Waals surface area (Å²) < 4.78 is 1.90. The second-order valence-corrected chi connectivity index (χ2v) is 2.92. The monoisotopic (exact) mass is 213 g/mol. The van der Waals surface area contributed by atoms with Crippen LogP contribution >= 0.6 is 15.9 Å². The van der Waals surface area contributed by atoms with Gasteiger partial charge in [-0.3, -0.25) is 9.20 Å². The van der Waals surface area contributed by atoms with Gasteiger partial charge >= 0.3 is 0 Å². The highest BCUT2D eigenvalue weighted by molar-refractivity contribution is 9.10. The highest BCUT2D eigenvalue weighted by Crippen LogP contribution is 2.00. The van der Waals surface area contributed by atoms with Gasteiger partial charge in [-0.05, 0) is 15.9 Å². The number of aromatic nitrogens is 3. The van der Waals surface area contributed by atoms with Crippen molar-refractivity contribution in [1.29, 1.82) is 0 Å². The summed E-state index contributed by atoms with van der Waals surface area (Å²) >= 11 is 3.09. The number of H-pyrrole nitrogens is 1. The van der Waals surface area contributed by atoms with Gasteiger partial charge in [-0.2, -0.15) is 0 Å². The summed E-state index contributed by atoms with van der Waals surface area (Å²) in [5.41, 5.74) is -0.101. The topological polar surface area (TPSA) is 50.2 Å². The molecule has 2 rings (SSSR count). The first kappa shape index (κ1) is 6.60. The summed E-state index contributed by atoms with van der Waals surface area (Å²) in [5.74, 6) is 0.554. The SMILES string of the molecule is O=c1c(Br)cnc2[nH]ccn12. The lowest BCUT2D eigenvalue weighted by Gasteiger charge is -1.90. The largest absolute Gasteiger partial charge is 0.330 e. The summed E-state index contributed by atoms with van der Waals surface area (Å²) in [7, 11) is 0. The number of fused-ring (bicyclic) bond motifs is 1. The summed E-state index contributed by atoms with van der Waals surface area (Å²) in [4.78, 5) is 18.0. The molecule has 0 fully saturated rings. The summed E-state index contributed by atoms with van der Waals surface area (Å²) in [6.45, 7) is 0. The van der Waals surface area contributed by atoms with E-state index in [0.29, 0.717) is 10.3 Å². The third kappa shape index (κ3) is 0.883. The molecule has 0 radical (unpaired) electrons. The van der Waals surface area contributed by atoms with Crippen LogP contribution in [0.4, 0.5) is 0 Å². The third-order valence-electron chi connectivity index (χ3n) is 1.39. The first-order valence-electron chi connectivity index (χ1n) is 2.99. The van der Waals surface area contributed by atoms with Crippen LogP contribution in [0.25, 0.3) is 5.78 Å². The van der Waals surface area contributed by atoms with Gasteiger partial charge in [0.2, 0.25) is 5.78 Å². The number of hydrogen-bond acceptors (Lipinski definition) is 2. The van der Waals surface area contributed by atoms with Crippen molar-refractivity contribution in [2.75, 3.05) is 0 Å². The summed E-state index contributed by atoms with van der Waals surface area (Å²) in [6.07, 6.45) is 4.78. The van der Waals surface area contributed by atoms with Crippen LogP contribution in [0.5, 0.6) is 0 Å². The fourth-order valence-corrected chi connectivity index (χ4v) is 1.17. The van der Waals surface area contributed by atoms with Crippen LogP contribution < -0.4 is 5.56 Å². The van der Waals surface area contributed by atoms with Gasteiger partial charge in [0.1, 0.15) is 4.47 Å². The molecule has 0 spiro atoms. The molecule has 1 N–H and O–H groups in total. The van der Waals surface area contributed by atoms with Crippen LogP contribution in [0.15, 0.2) is 27.9 Å². The highest BCUT2D eigenvalue weighted by atomic mass is 79.9. The van der Waals surface area contributed by atoms with E-state index in [1.807, 2.05) is 0 Å². The van der Waals surface area contributed by atoms with Gasteiger partial charge in [0.05, 0.1) is 6.20 Å². The highest BCUT2D eigenvalue weighted by Gasteiger charge is 2.00. The minimum atomic E-state index is -0.101. The molecule has 0 aliphatic carbocycles. The number of halogens is 1. The summed E-state index contributed by atoms with van der Waals surface area (Å²) in [5, 5.41) is 0. The van der Waals surface area contributed by atoms with Gasteiger partial charge in [0, 0.05) is 12.4 Å². The standard InChI is InChI=1S/C6H4BrN3O/c7-4-3-9-6-8-1-2-10(6)5(4)11/h1-3H,(H,8,9). The van der Waals surface area contributed by atoms with Gasteiger partial charge in [-0.25, -0.2) is 4.98 Å². The molecule has 0 aromatic carbocycles. The smallest absolute Gasteiger partial charge is 0.273 e. The minimum Gasteiger partial charge on any atom is -0.330 e. The predicted octanol–water partition coefficient (Wildman–Crippen LogP) is 0.785. The van der Waals surface area contributed by atoms with Crippen LogP contribution in [0.1, 0.15) is 0 Å². The summed E-state index contributed by atoms with van der Waals surface area (Å²) in [6, 6.07) is 0. The van der Waals surface area contributed by atoms with Gasteiger partial charge in [0.15, 0.2) is 0 Å². The Morgan fingerprint density at radius 3 is 3.27 bits per heavy atom. The van der Waals surface area contributed by atoms with Crippen molar-refractivity contribution in [3.63, 3.8) is 0 Å². The molecule has 0 atom stereocenters. The average molecular weight is 214 g/mol. The van der Waals surface area contributed by atoms with Crippen molar-refractivity contribution in [1.82, 2.24) is 14.4 Å². The Kier molecular flexibility index (Phi) is 1.32. The van der Waals surface area contributed by atoms with Gasteiger partial charge in [-0.15, -0.1) is 0 Å². The van der Waals surface area contributed by atoms with E-state index < -0.39 is 0 Å². The van der Waals surface area contributed by atoms with Crippen LogP contribution in [-0.2, 0) is 0 Å². The van der Waals surface area contributed by atoms with Crippen molar-refractivity contribution < 1.29 is 0 Å². The lowest BCUT2D eigenvalue weighted by atomic mass is 10.6. The molecule has 2 aromatic rings. The van der Waals surface area contributed by atoms with Crippen LogP contribution in [0.2, 0.25) is 0 Å². The minimum absolute atomic E-state index is 0.101. The molecular formula is C6H4BrN3O. The van der Waals surface area contributed by atoms with Crippen molar-refractivity contribution in [2.45, 2.75) is 0 Å². The van der Waals surface area contributed by atoms with Crippen molar-refractivity contribution >= 4 is 21.7 Å². The van der Waals surface area contributed by atoms with E-state index in [1.165, 1.54) is 10.6 Å². The molecule has 4 nitrogen and oxygen atoms in total. The molecule has 0 bridgehead atoms. The first-order chi connectivity index (χ1) is 5.29. The van der Waals surface area contributed by atoms with E-state index in [4.69, 9.17) is 0 Å². The van der Waals surface area contributed by atoms with Crippen LogP contribution in [-0.4, -0.2) is 14.4 Å². The number of aromatic amines is 1. The zero-order valence-corrected chi connectivity index (χ0v) is 7.00. The molecule has 0 amide bonds. The molecule has 0 saturated heterocycles. The van der Waals surface area contributed by atoms with Gasteiger partial charge in [0.25, 0.3) is 5.56 Å². The molecular weight excluding hydrogens is 210 g/mol. The lowest BCUT2D eigenvalue weighted by molar-refractivity contribution is 1.04. The van der Waals surface area contributed by atoms with E-state index in [2.05, 4.69) is 25.9 Å². The second-order valence-electron chi connectivity index (χ2n) is 2.06. The zero-order chi connectivity index (χ0) is 7.84. The molecule has 11 heavy (non-hydrogen) atoms. The van der Waals surface area contributed by atoms with Crippen molar-refractivity contribution in [3.8, 4) is 0 Å². The Labute approximate surface area is 70.0 Å². The number of hydrogen-bond donors (Lipinski definition) is 1. The molecule has 56 valence electrons. The fraction of sp³-hybridized carbons (Fsp3) is 0. The maximum absolute atomic E-state index is 11.2. The predicted molar refractivity (Wildman–Crippen MR) is 43.5 cm³/mol. The zero-order valence-electron chi connectivity index (χ0n) is 5.41. The Bertz CT molecular complexity index is 444. The number of nitrogens with one attached hydrogen (secondary N) is 1. The Morgan fingerprint density at radius 2 is 2.45 bits per heavy atom. The van der Waals surface area contributed by atoms with Gasteiger partial charge < -0.3 is 4.98 Å². The molecule has 0 aliphatic rings. The quantitative estimate of drug-likeness (QED) is 0.704. The van der Waals surface area contributed by atoms with E-state index in [0.717, 1.165) is 0 Å². The molecule has 5 heteroatoms. The molecule has 0 aliphatic heterocycles. The van der Waals surface area contributed by atoms with Crippen LogP contribution in [0, 0.1) is 0 Å². The van der Waals surface area contributed by atoms with E-state index in [-0.39, 0.29) is 5.56 Å². The van der Waals surface area contributed by atoms with E-state index in [1.54, 1.807) is 12.4 Å². The van der Waals surface area contributed by atoms with Gasteiger partial charge in [-0.1, -0.05) is 0 Å². The van der Waals surface area contributed by atoms with E-state index in [9.17, 15) is 4.79 Å². The lowest BCUT2D eigenvalue weighted by Crippen LogP contribution is -2.12. The number of imidazole rings is 1. The number of nitrogens with zero attached hydrogens (tertiary/aromatic N) is 2. The maximum Gasteiger partial charge on any atom is 0.273 e. The second kappa shape index (κ2) is 2.20. The molecule has 2 heterocycles.